The normalized spacial score (nSPS) is 11.4. The number of nitrogens with one attached hydrogen (secondary N) is 1. The van der Waals surface area contributed by atoms with Crippen LogP contribution in [-0.4, -0.2) is 40.0 Å². The molecule has 0 saturated carbocycles. The van der Waals surface area contributed by atoms with Crippen molar-refractivity contribution in [3.05, 3.63) is 91.8 Å². The number of rotatable bonds is 8. The lowest BCUT2D eigenvalue weighted by Gasteiger charge is -2.16. The number of aliphatic hydroxyl groups is 1. The molecule has 8 nitrogen and oxygen atoms in total. The van der Waals surface area contributed by atoms with Crippen LogP contribution in [0, 0.1) is 6.92 Å². The maximum atomic E-state index is 13.4. The minimum absolute atomic E-state index is 0.0185. The summed E-state index contributed by atoms with van der Waals surface area (Å²) in [5.74, 6) is -0.956. The van der Waals surface area contributed by atoms with E-state index in [4.69, 9.17) is 9.84 Å². The van der Waals surface area contributed by atoms with Crippen molar-refractivity contribution in [3.8, 4) is 5.69 Å². The monoisotopic (exact) mass is 491 g/mol. The summed E-state index contributed by atoms with van der Waals surface area (Å²) in [6.45, 7) is 2.55. The van der Waals surface area contributed by atoms with Crippen molar-refractivity contribution < 1.29 is 27.8 Å². The molecule has 1 heterocycles. The Labute approximate surface area is 198 Å². The maximum Gasteiger partial charge on any atom is 0.416 e. The number of benzene rings is 2. The summed E-state index contributed by atoms with van der Waals surface area (Å²) in [4.78, 5) is 38.8. The van der Waals surface area contributed by atoms with E-state index in [2.05, 4.69) is 5.32 Å². The molecule has 0 spiro atoms. The Kier molecular flexibility index (Phi) is 7.80. The van der Waals surface area contributed by atoms with Crippen LogP contribution in [-0.2, 0) is 17.5 Å². The molecule has 0 aliphatic heterocycles. The molecule has 11 heteroatoms. The number of aliphatic hydroxyl groups excluding tert-OH is 1. The van der Waals surface area contributed by atoms with Gasteiger partial charge < -0.3 is 15.2 Å². The third-order valence-electron chi connectivity index (χ3n) is 5.33. The zero-order chi connectivity index (χ0) is 25.8. The minimum Gasteiger partial charge on any atom is -0.462 e. The van der Waals surface area contributed by atoms with Gasteiger partial charge in [0.2, 0.25) is 0 Å². The van der Waals surface area contributed by atoms with Gasteiger partial charge in [-0.05, 0) is 55.3 Å². The van der Waals surface area contributed by atoms with Crippen LogP contribution in [0.3, 0.4) is 0 Å². The number of hydrogen-bond donors (Lipinski definition) is 2. The van der Waals surface area contributed by atoms with E-state index in [9.17, 15) is 27.6 Å². The summed E-state index contributed by atoms with van der Waals surface area (Å²) in [6.07, 6.45) is -3.54. The van der Waals surface area contributed by atoms with Crippen LogP contribution in [0.15, 0.2) is 58.3 Å². The molecule has 0 radical (unpaired) electrons. The van der Waals surface area contributed by atoms with Gasteiger partial charge in [0.25, 0.3) is 5.56 Å². The van der Waals surface area contributed by atoms with Crippen LogP contribution in [0.4, 0.5) is 18.9 Å². The predicted molar refractivity (Wildman–Crippen MR) is 123 cm³/mol. The number of aromatic nitrogens is 2. The molecule has 0 fully saturated rings. The Morgan fingerprint density at radius 1 is 1.11 bits per heavy atom. The zero-order valence-electron chi connectivity index (χ0n) is 19.1. The van der Waals surface area contributed by atoms with Gasteiger partial charge in [-0.15, -0.1) is 0 Å². The molecular formula is C24H24F3N3O5. The van der Waals surface area contributed by atoms with Gasteiger partial charge in [0.15, 0.2) is 0 Å². The molecule has 0 bridgehead atoms. The molecule has 2 aromatic carbocycles. The van der Waals surface area contributed by atoms with Crippen molar-refractivity contribution in [2.75, 3.05) is 25.1 Å². The van der Waals surface area contributed by atoms with Crippen molar-refractivity contribution in [3.63, 3.8) is 0 Å². The first-order valence-electron chi connectivity index (χ1n) is 10.7. The largest absolute Gasteiger partial charge is 0.462 e. The van der Waals surface area contributed by atoms with Gasteiger partial charge in [0.05, 0.1) is 31.0 Å². The number of nitrogens with zero attached hydrogens (tertiary/aromatic N) is 2. The SMILES string of the molecule is CCOC(=O)c1cn(-c2ccc(NCCO)cc2)c(=O)n(Cc2cccc(C(F)(F)F)c2C)c1=O. The second-order valence-electron chi connectivity index (χ2n) is 7.59. The number of carbonyl (C=O) groups is 1. The van der Waals surface area contributed by atoms with E-state index in [1.54, 1.807) is 31.2 Å². The van der Waals surface area contributed by atoms with E-state index in [-0.39, 0.29) is 24.3 Å². The first-order chi connectivity index (χ1) is 16.6. The number of esters is 1. The zero-order valence-corrected chi connectivity index (χ0v) is 19.1. The summed E-state index contributed by atoms with van der Waals surface area (Å²) >= 11 is 0. The Bertz CT molecular complexity index is 1330. The highest BCUT2D eigenvalue weighted by Gasteiger charge is 2.33. The fraction of sp³-hybridized carbons (Fsp3) is 0.292. The lowest BCUT2D eigenvalue weighted by molar-refractivity contribution is -0.138. The summed E-state index contributed by atoms with van der Waals surface area (Å²) in [5, 5.41) is 11.9. The average molecular weight is 491 g/mol. The topological polar surface area (TPSA) is 103 Å². The smallest absolute Gasteiger partial charge is 0.416 e. The molecule has 3 aromatic rings. The standard InChI is InChI=1S/C24H24F3N3O5/c1-3-35-22(33)19-14-29(18-9-7-17(8-10-18)28-11-12-31)23(34)30(21(19)32)13-16-5-4-6-20(15(16)2)24(25,26)27/h4-10,14,28,31H,3,11-13H2,1-2H3. The second-order valence-corrected chi connectivity index (χ2v) is 7.59. The highest BCUT2D eigenvalue weighted by molar-refractivity contribution is 5.88. The summed E-state index contributed by atoms with van der Waals surface area (Å²) in [5.41, 5.74) is -2.17. The predicted octanol–water partition coefficient (Wildman–Crippen LogP) is 2.96. The molecule has 3 rings (SSSR count). The van der Waals surface area contributed by atoms with E-state index < -0.39 is 41.1 Å². The lowest BCUT2D eigenvalue weighted by atomic mass is 10.0. The van der Waals surface area contributed by atoms with E-state index in [0.29, 0.717) is 22.5 Å². The average Bonchev–Trinajstić information content (AvgIpc) is 2.81. The molecule has 0 unspecified atom stereocenters. The van der Waals surface area contributed by atoms with Gasteiger partial charge in [-0.2, -0.15) is 13.2 Å². The number of carbonyl (C=O) groups excluding carboxylic acids is 1. The van der Waals surface area contributed by atoms with E-state index in [1.165, 1.54) is 19.1 Å². The molecule has 0 atom stereocenters. The Morgan fingerprint density at radius 2 is 1.80 bits per heavy atom. The van der Waals surface area contributed by atoms with Crippen molar-refractivity contribution in [1.29, 1.82) is 0 Å². The van der Waals surface area contributed by atoms with Gasteiger partial charge in [-0.25, -0.2) is 9.59 Å². The summed E-state index contributed by atoms with van der Waals surface area (Å²) < 4.78 is 46.8. The summed E-state index contributed by atoms with van der Waals surface area (Å²) in [7, 11) is 0. The Hall–Kier alpha value is -3.86. The maximum absolute atomic E-state index is 13.4. The highest BCUT2D eigenvalue weighted by Crippen LogP contribution is 2.33. The first kappa shape index (κ1) is 25.8. The van der Waals surface area contributed by atoms with Crippen molar-refractivity contribution in [2.24, 2.45) is 0 Å². The third kappa shape index (κ3) is 5.62. The second kappa shape index (κ2) is 10.6. The number of halogens is 3. The van der Waals surface area contributed by atoms with Crippen LogP contribution in [0.1, 0.15) is 34.0 Å². The molecule has 35 heavy (non-hydrogen) atoms. The van der Waals surface area contributed by atoms with Gasteiger partial charge in [0, 0.05) is 18.4 Å². The molecule has 0 amide bonds. The van der Waals surface area contributed by atoms with E-state index in [0.717, 1.165) is 16.8 Å². The first-order valence-corrected chi connectivity index (χ1v) is 10.7. The Morgan fingerprint density at radius 3 is 2.40 bits per heavy atom. The molecule has 0 aliphatic carbocycles. The quantitative estimate of drug-likeness (QED) is 0.470. The fourth-order valence-electron chi connectivity index (χ4n) is 3.55. The summed E-state index contributed by atoms with van der Waals surface area (Å²) in [6, 6.07) is 9.88. The van der Waals surface area contributed by atoms with Crippen LogP contribution in [0.25, 0.3) is 5.69 Å². The van der Waals surface area contributed by atoms with Gasteiger partial charge in [-0.3, -0.25) is 13.9 Å². The van der Waals surface area contributed by atoms with Gasteiger partial charge in [0.1, 0.15) is 5.56 Å². The van der Waals surface area contributed by atoms with E-state index in [1.807, 2.05) is 0 Å². The lowest BCUT2D eigenvalue weighted by Crippen LogP contribution is -2.42. The molecule has 186 valence electrons. The highest BCUT2D eigenvalue weighted by atomic mass is 19.4. The fourth-order valence-corrected chi connectivity index (χ4v) is 3.55. The molecule has 0 saturated heterocycles. The molecule has 0 aliphatic rings. The molecule has 2 N–H and O–H groups in total. The number of anilines is 1. The minimum atomic E-state index is -4.61. The van der Waals surface area contributed by atoms with Gasteiger partial charge >= 0.3 is 17.8 Å². The van der Waals surface area contributed by atoms with Crippen molar-refractivity contribution in [1.82, 2.24) is 9.13 Å². The van der Waals surface area contributed by atoms with Crippen LogP contribution in [0.2, 0.25) is 0 Å². The van der Waals surface area contributed by atoms with Crippen molar-refractivity contribution in [2.45, 2.75) is 26.6 Å². The van der Waals surface area contributed by atoms with Crippen molar-refractivity contribution >= 4 is 11.7 Å². The van der Waals surface area contributed by atoms with E-state index >= 15 is 0 Å². The van der Waals surface area contributed by atoms with Crippen LogP contribution < -0.4 is 16.6 Å². The third-order valence-corrected chi connectivity index (χ3v) is 5.33. The molecule has 1 aromatic heterocycles. The molecular weight excluding hydrogens is 467 g/mol. The van der Waals surface area contributed by atoms with Crippen LogP contribution >= 0.6 is 0 Å². The number of ether oxygens (including phenoxy) is 1. The van der Waals surface area contributed by atoms with Crippen LogP contribution in [0.5, 0.6) is 0 Å². The Balaban J connectivity index is 2.17. The number of hydrogen-bond acceptors (Lipinski definition) is 6. The van der Waals surface area contributed by atoms with Gasteiger partial charge in [-0.1, -0.05) is 12.1 Å². The number of alkyl halides is 3.